The second kappa shape index (κ2) is 6.19. The number of rotatable bonds is 4. The van der Waals surface area contributed by atoms with Crippen molar-refractivity contribution in [3.63, 3.8) is 0 Å². The Hall–Kier alpha value is -0.840. The molecule has 94 valence electrons. The average molecular weight is 280 g/mol. The van der Waals surface area contributed by atoms with Crippen molar-refractivity contribution in [2.75, 3.05) is 6.61 Å². The highest BCUT2D eigenvalue weighted by atomic mass is 35.5. The van der Waals surface area contributed by atoms with Gasteiger partial charge in [-0.15, -0.1) is 0 Å². The molecule has 1 aromatic carbocycles. The summed E-state index contributed by atoms with van der Waals surface area (Å²) in [6, 6.07) is 1.62. The van der Waals surface area contributed by atoms with Gasteiger partial charge in [0, 0.05) is 11.6 Å². The summed E-state index contributed by atoms with van der Waals surface area (Å²) in [4.78, 5) is 11.2. The molecule has 1 atom stereocenters. The molecule has 3 nitrogen and oxygen atoms in total. The number of carbonyl (C=O) groups is 1. The van der Waals surface area contributed by atoms with Gasteiger partial charge in [0.15, 0.2) is 0 Å². The molecule has 0 aromatic heterocycles. The van der Waals surface area contributed by atoms with Gasteiger partial charge in [-0.2, -0.15) is 0 Å². The van der Waals surface area contributed by atoms with E-state index in [1.165, 1.54) is 6.07 Å². The van der Waals surface area contributed by atoms with E-state index in [2.05, 4.69) is 0 Å². The predicted octanol–water partition coefficient (Wildman–Crippen LogP) is 3.09. The van der Waals surface area contributed by atoms with Crippen molar-refractivity contribution in [1.82, 2.24) is 0 Å². The SMILES string of the molecule is CCOC(=O)C[C@H](N)c1c(F)ccc(Cl)c1Cl. The Balaban J connectivity index is 2.92. The van der Waals surface area contributed by atoms with E-state index in [0.29, 0.717) is 0 Å². The van der Waals surface area contributed by atoms with Crippen LogP contribution in [0.3, 0.4) is 0 Å². The monoisotopic (exact) mass is 279 g/mol. The summed E-state index contributed by atoms with van der Waals surface area (Å²) in [7, 11) is 0. The molecule has 0 amide bonds. The minimum absolute atomic E-state index is 0.0310. The molecule has 0 radical (unpaired) electrons. The predicted molar refractivity (Wildman–Crippen MR) is 64.6 cm³/mol. The summed E-state index contributed by atoms with van der Waals surface area (Å²) in [5.41, 5.74) is 5.75. The van der Waals surface area contributed by atoms with E-state index >= 15 is 0 Å². The lowest BCUT2D eigenvalue weighted by molar-refractivity contribution is -0.143. The van der Waals surface area contributed by atoms with Gasteiger partial charge in [-0.3, -0.25) is 4.79 Å². The highest BCUT2D eigenvalue weighted by Crippen LogP contribution is 2.32. The van der Waals surface area contributed by atoms with Crippen LogP contribution in [0.4, 0.5) is 4.39 Å². The number of halogens is 3. The summed E-state index contributed by atoms with van der Waals surface area (Å²) in [5, 5.41) is 0.228. The normalized spacial score (nSPS) is 12.3. The van der Waals surface area contributed by atoms with Crippen LogP contribution in [0, 0.1) is 5.82 Å². The number of esters is 1. The van der Waals surface area contributed by atoms with Crippen molar-refractivity contribution in [2.45, 2.75) is 19.4 Å². The lowest BCUT2D eigenvalue weighted by Crippen LogP contribution is -2.19. The number of hydrogen-bond donors (Lipinski definition) is 1. The molecule has 0 saturated heterocycles. The molecular formula is C11H12Cl2FNO2. The second-order valence-electron chi connectivity index (χ2n) is 3.37. The van der Waals surface area contributed by atoms with Gasteiger partial charge in [-0.25, -0.2) is 4.39 Å². The Morgan fingerprint density at radius 1 is 1.53 bits per heavy atom. The van der Waals surface area contributed by atoms with E-state index < -0.39 is 17.8 Å². The first kappa shape index (κ1) is 14.2. The lowest BCUT2D eigenvalue weighted by atomic mass is 10.0. The quantitative estimate of drug-likeness (QED) is 0.681. The van der Waals surface area contributed by atoms with Gasteiger partial charge < -0.3 is 10.5 Å². The molecular weight excluding hydrogens is 268 g/mol. The fourth-order valence-electron chi connectivity index (χ4n) is 1.38. The molecule has 0 aliphatic carbocycles. The number of hydrogen-bond acceptors (Lipinski definition) is 3. The molecule has 1 rings (SSSR count). The van der Waals surface area contributed by atoms with Crippen LogP contribution in [0.15, 0.2) is 12.1 Å². The zero-order chi connectivity index (χ0) is 13.0. The van der Waals surface area contributed by atoms with Crippen LogP contribution in [0.5, 0.6) is 0 Å². The molecule has 17 heavy (non-hydrogen) atoms. The van der Waals surface area contributed by atoms with Crippen LogP contribution < -0.4 is 5.73 Å². The van der Waals surface area contributed by atoms with Crippen LogP contribution in [0.2, 0.25) is 10.0 Å². The number of ether oxygens (including phenoxy) is 1. The minimum atomic E-state index is -0.875. The van der Waals surface area contributed by atoms with Crippen molar-refractivity contribution < 1.29 is 13.9 Å². The molecule has 1 aromatic rings. The molecule has 0 spiro atoms. The first-order valence-corrected chi connectivity index (χ1v) is 5.77. The molecule has 0 fully saturated rings. The van der Waals surface area contributed by atoms with Crippen molar-refractivity contribution >= 4 is 29.2 Å². The van der Waals surface area contributed by atoms with Crippen molar-refractivity contribution in [3.05, 3.63) is 33.6 Å². The third-order valence-electron chi connectivity index (χ3n) is 2.14. The van der Waals surface area contributed by atoms with Crippen molar-refractivity contribution in [3.8, 4) is 0 Å². The molecule has 0 aliphatic heterocycles. The first-order chi connectivity index (χ1) is 7.97. The summed E-state index contributed by atoms with van der Waals surface area (Å²) in [6.07, 6.45) is -0.148. The highest BCUT2D eigenvalue weighted by molar-refractivity contribution is 6.42. The van der Waals surface area contributed by atoms with Crippen LogP contribution in [-0.4, -0.2) is 12.6 Å². The van der Waals surface area contributed by atoms with Crippen molar-refractivity contribution in [1.29, 1.82) is 0 Å². The average Bonchev–Trinajstić information content (AvgIpc) is 2.24. The first-order valence-electron chi connectivity index (χ1n) is 5.02. The largest absolute Gasteiger partial charge is 0.466 e. The van der Waals surface area contributed by atoms with Crippen LogP contribution in [0.25, 0.3) is 0 Å². The maximum absolute atomic E-state index is 13.5. The molecule has 0 unspecified atom stereocenters. The molecule has 0 saturated carbocycles. The molecule has 0 aliphatic rings. The Kier molecular flexibility index (Phi) is 5.18. The summed E-state index contributed by atoms with van der Waals surface area (Å²) in [5.74, 6) is -1.09. The highest BCUT2D eigenvalue weighted by Gasteiger charge is 2.20. The summed E-state index contributed by atoms with van der Waals surface area (Å²) in [6.45, 7) is 1.92. The zero-order valence-electron chi connectivity index (χ0n) is 9.17. The van der Waals surface area contributed by atoms with E-state index in [9.17, 15) is 9.18 Å². The molecule has 2 N–H and O–H groups in total. The Morgan fingerprint density at radius 2 is 2.18 bits per heavy atom. The van der Waals surface area contributed by atoms with Gasteiger partial charge in [0.05, 0.1) is 23.1 Å². The Morgan fingerprint density at radius 3 is 2.76 bits per heavy atom. The van der Waals surface area contributed by atoms with Gasteiger partial charge in [0.2, 0.25) is 0 Å². The van der Waals surface area contributed by atoms with E-state index in [1.807, 2.05) is 0 Å². The fraction of sp³-hybridized carbons (Fsp3) is 0.364. The molecule has 0 bridgehead atoms. The Bertz CT molecular complexity index is 426. The van der Waals surface area contributed by atoms with Gasteiger partial charge in [0.1, 0.15) is 5.82 Å². The fourth-order valence-corrected chi connectivity index (χ4v) is 1.84. The van der Waals surface area contributed by atoms with E-state index in [0.717, 1.165) is 6.07 Å². The summed E-state index contributed by atoms with van der Waals surface area (Å²) < 4.78 is 18.3. The maximum Gasteiger partial charge on any atom is 0.307 e. The third kappa shape index (κ3) is 3.56. The minimum Gasteiger partial charge on any atom is -0.466 e. The summed E-state index contributed by atoms with van der Waals surface area (Å²) >= 11 is 11.6. The van der Waals surface area contributed by atoms with Gasteiger partial charge >= 0.3 is 5.97 Å². The molecule has 0 heterocycles. The third-order valence-corrected chi connectivity index (χ3v) is 2.96. The van der Waals surface area contributed by atoms with Crippen LogP contribution in [-0.2, 0) is 9.53 Å². The number of nitrogens with two attached hydrogens (primary N) is 1. The standard InChI is InChI=1S/C11H12Cl2FNO2/c1-2-17-9(16)5-8(15)10-7(14)4-3-6(12)11(10)13/h3-4,8H,2,5,15H2,1H3/t8-/m0/s1. The van der Waals surface area contributed by atoms with E-state index in [-0.39, 0.29) is 28.6 Å². The Labute approximate surface area is 109 Å². The van der Waals surface area contributed by atoms with Crippen LogP contribution in [0.1, 0.15) is 24.9 Å². The van der Waals surface area contributed by atoms with E-state index in [1.54, 1.807) is 6.92 Å². The van der Waals surface area contributed by atoms with E-state index in [4.69, 9.17) is 33.7 Å². The van der Waals surface area contributed by atoms with Gasteiger partial charge in [-0.05, 0) is 19.1 Å². The van der Waals surface area contributed by atoms with Gasteiger partial charge in [-0.1, -0.05) is 23.2 Å². The van der Waals surface area contributed by atoms with Gasteiger partial charge in [0.25, 0.3) is 0 Å². The number of benzene rings is 1. The lowest BCUT2D eigenvalue weighted by Gasteiger charge is -2.14. The van der Waals surface area contributed by atoms with Crippen molar-refractivity contribution in [2.24, 2.45) is 5.73 Å². The second-order valence-corrected chi connectivity index (χ2v) is 4.16. The topological polar surface area (TPSA) is 52.3 Å². The van der Waals surface area contributed by atoms with Crippen LogP contribution >= 0.6 is 23.2 Å². The maximum atomic E-state index is 13.5. The zero-order valence-corrected chi connectivity index (χ0v) is 10.7. The number of carbonyl (C=O) groups excluding carboxylic acids is 1. The smallest absolute Gasteiger partial charge is 0.307 e. The molecule has 6 heteroatoms.